The first kappa shape index (κ1) is 42.5. The zero-order chi connectivity index (χ0) is 42.0. The number of thiophene rings is 1. The lowest BCUT2D eigenvalue weighted by atomic mass is 9.64. The maximum absolute atomic E-state index is 14.7. The van der Waals surface area contributed by atoms with Gasteiger partial charge in [0.05, 0.1) is 11.7 Å². The van der Waals surface area contributed by atoms with Crippen molar-refractivity contribution in [2.24, 2.45) is 5.41 Å². The summed E-state index contributed by atoms with van der Waals surface area (Å²) < 4.78 is 72.9. The summed E-state index contributed by atoms with van der Waals surface area (Å²) >= 11 is 1.04. The number of ether oxygens (including phenoxy) is 1. The van der Waals surface area contributed by atoms with Gasteiger partial charge in [0.1, 0.15) is 9.96 Å². The highest BCUT2D eigenvalue weighted by Gasteiger charge is 2.58. The highest BCUT2D eigenvalue weighted by atomic mass is 32.2. The number of allylic oxidation sites excluding steroid dienone is 2. The number of benzene rings is 4. The van der Waals surface area contributed by atoms with Gasteiger partial charge in [-0.15, -0.1) is 24.5 Å². The minimum absolute atomic E-state index is 0.0753. The number of rotatable bonds is 10. The molecule has 0 radical (unpaired) electrons. The predicted octanol–water partition coefficient (Wildman–Crippen LogP) is 10.5. The molecule has 4 unspecified atom stereocenters. The lowest BCUT2D eigenvalue weighted by Crippen LogP contribution is -2.53. The second-order valence-electron chi connectivity index (χ2n) is 16.1. The molecule has 310 valence electrons. The van der Waals surface area contributed by atoms with E-state index in [0.29, 0.717) is 55.2 Å². The molecule has 0 aliphatic heterocycles. The molecule has 7 nitrogen and oxygen atoms in total. The summed E-state index contributed by atoms with van der Waals surface area (Å²) in [7, 11) is -4.19. The van der Waals surface area contributed by atoms with Crippen molar-refractivity contribution in [3.8, 4) is 16.9 Å². The summed E-state index contributed by atoms with van der Waals surface area (Å²) in [5.41, 5.74) is 3.53. The van der Waals surface area contributed by atoms with Gasteiger partial charge in [-0.25, -0.2) is 8.42 Å². The molecule has 8 rings (SSSR count). The number of halogens is 3. The minimum atomic E-state index is -4.88. The van der Waals surface area contributed by atoms with Crippen molar-refractivity contribution < 1.29 is 41.3 Å². The van der Waals surface area contributed by atoms with Crippen LogP contribution in [0.15, 0.2) is 130 Å². The molecular weight excluding hydrogens is 796 g/mol. The van der Waals surface area contributed by atoms with Gasteiger partial charge in [0.25, 0.3) is 10.0 Å². The average Bonchev–Trinajstić information content (AvgIpc) is 3.84. The quantitative estimate of drug-likeness (QED) is 0.107. The first-order valence-electron chi connectivity index (χ1n) is 19.8. The van der Waals surface area contributed by atoms with Crippen molar-refractivity contribution in [1.29, 1.82) is 0 Å². The number of hydrogen-bond acceptors (Lipinski definition) is 7. The number of aliphatic hydroxyl groups excluding tert-OH is 1. The van der Waals surface area contributed by atoms with Gasteiger partial charge in [-0.1, -0.05) is 104 Å². The molecule has 5 aromatic rings. The zero-order valence-corrected chi connectivity index (χ0v) is 34.6. The highest BCUT2D eigenvalue weighted by Crippen LogP contribution is 2.59. The molecule has 0 spiro atoms. The molecule has 1 aromatic heterocycles. The number of ketones is 1. The van der Waals surface area contributed by atoms with Gasteiger partial charge < -0.3 is 14.9 Å². The number of carbonyl (C=O) groups is 1. The molecule has 2 bridgehead atoms. The Morgan fingerprint density at radius 1 is 0.915 bits per heavy atom. The van der Waals surface area contributed by atoms with Gasteiger partial charge in [-0.2, -0.15) is 4.31 Å². The highest BCUT2D eigenvalue weighted by molar-refractivity contribution is 7.91. The molecule has 1 heterocycles. The molecule has 4 atom stereocenters. The number of carbonyl (C=O) groups excluding carboxylic acids is 1. The van der Waals surface area contributed by atoms with Gasteiger partial charge in [0.2, 0.25) is 0 Å². The first-order valence-corrected chi connectivity index (χ1v) is 22.1. The van der Waals surface area contributed by atoms with Crippen LogP contribution in [0.1, 0.15) is 90.9 Å². The van der Waals surface area contributed by atoms with Crippen molar-refractivity contribution in [2.45, 2.75) is 93.5 Å². The molecule has 0 amide bonds. The fraction of sp³-hybridized carbons (Fsp3) is 0.340. The number of sulfonamides is 1. The molecule has 1 saturated carbocycles. The van der Waals surface area contributed by atoms with Crippen molar-refractivity contribution in [3.05, 3.63) is 154 Å². The zero-order valence-electron chi connectivity index (χ0n) is 33.0. The summed E-state index contributed by atoms with van der Waals surface area (Å²) in [4.78, 5) is 14.7. The van der Waals surface area contributed by atoms with Crippen LogP contribution in [0.4, 0.5) is 13.2 Å². The Morgan fingerprint density at radius 3 is 2.31 bits per heavy atom. The summed E-state index contributed by atoms with van der Waals surface area (Å²) in [6.07, 6.45) is -0.0766. The van der Waals surface area contributed by atoms with Crippen LogP contribution in [0.3, 0.4) is 0 Å². The lowest BCUT2D eigenvalue weighted by Gasteiger charge is -2.46. The van der Waals surface area contributed by atoms with Crippen molar-refractivity contribution in [2.75, 3.05) is 6.54 Å². The van der Waals surface area contributed by atoms with E-state index in [1.54, 1.807) is 11.4 Å². The van der Waals surface area contributed by atoms with E-state index in [2.05, 4.69) is 10.8 Å². The van der Waals surface area contributed by atoms with E-state index in [1.165, 1.54) is 22.5 Å². The Balaban J connectivity index is 1.28. The van der Waals surface area contributed by atoms with Gasteiger partial charge in [-0.3, -0.25) is 4.79 Å². The minimum Gasteiger partial charge on any atom is -0.406 e. The lowest BCUT2D eigenvalue weighted by molar-refractivity contribution is -0.274. The second kappa shape index (κ2) is 17.2. The second-order valence-corrected chi connectivity index (χ2v) is 19.2. The first-order chi connectivity index (χ1) is 28.0. The number of aliphatic hydroxyl groups is 2. The third-order valence-corrected chi connectivity index (χ3v) is 15.4. The van der Waals surface area contributed by atoms with Crippen LogP contribution in [0.5, 0.6) is 5.75 Å². The van der Waals surface area contributed by atoms with Gasteiger partial charge in [-0.05, 0) is 115 Å². The third kappa shape index (κ3) is 9.42. The number of nitrogens with zero attached hydrogens (tertiary/aromatic N) is 1. The molecule has 12 heteroatoms. The topological polar surface area (TPSA) is 104 Å². The molecule has 0 saturated heterocycles. The van der Waals surface area contributed by atoms with Crippen LogP contribution >= 0.6 is 11.3 Å². The third-order valence-electron chi connectivity index (χ3n) is 12.2. The molecule has 59 heavy (non-hydrogen) atoms. The predicted molar refractivity (Wildman–Crippen MR) is 224 cm³/mol. The SMILES string of the molecule is CC1=CCCC2(C)C(CCC2(O)CN(Cc2ccc(OC(F)(F)F)cc2)S(=O)(=O)c2cccs2)c2ccc(cc2C(=O)c2ccc(-c3ccccc3)cc2)CC(O)CC1. The number of alkyl halides is 3. The number of hydrogen-bond donors (Lipinski definition) is 2. The normalized spacial score (nSPS) is 22.7. The van der Waals surface area contributed by atoms with Crippen LogP contribution in [-0.4, -0.2) is 53.3 Å². The van der Waals surface area contributed by atoms with Crippen LogP contribution < -0.4 is 4.74 Å². The summed E-state index contributed by atoms with van der Waals surface area (Å²) in [5.74, 6) is -0.980. The Bertz CT molecular complexity index is 2380. The molecule has 3 aliphatic rings. The Hall–Kier alpha value is -4.59. The van der Waals surface area contributed by atoms with Gasteiger partial charge in [0, 0.05) is 29.6 Å². The van der Waals surface area contributed by atoms with E-state index >= 15 is 0 Å². The summed E-state index contributed by atoms with van der Waals surface area (Å²) in [5, 5.41) is 25.8. The fourth-order valence-electron chi connectivity index (χ4n) is 8.85. The van der Waals surface area contributed by atoms with Crippen molar-refractivity contribution >= 4 is 27.1 Å². The Morgan fingerprint density at radius 2 is 1.63 bits per heavy atom. The van der Waals surface area contributed by atoms with Gasteiger partial charge >= 0.3 is 6.36 Å². The molecule has 2 N–H and O–H groups in total. The molecule has 3 aliphatic carbocycles. The molecule has 1 fully saturated rings. The van der Waals surface area contributed by atoms with Crippen molar-refractivity contribution in [3.63, 3.8) is 0 Å². The number of fused-ring (bicyclic) bond motifs is 8. The summed E-state index contributed by atoms with van der Waals surface area (Å²) in [6, 6.07) is 31.3. The van der Waals surface area contributed by atoms with Crippen LogP contribution in [-0.2, 0) is 23.0 Å². The van der Waals surface area contributed by atoms with E-state index in [4.69, 9.17) is 0 Å². The smallest absolute Gasteiger partial charge is 0.406 e. The summed E-state index contributed by atoms with van der Waals surface area (Å²) in [6.45, 7) is 3.50. The Labute approximate surface area is 347 Å². The van der Waals surface area contributed by atoms with E-state index in [1.807, 2.05) is 86.6 Å². The average molecular weight is 844 g/mol. The van der Waals surface area contributed by atoms with Gasteiger partial charge in [0.15, 0.2) is 5.78 Å². The molecular formula is C47H48F3NO6S2. The van der Waals surface area contributed by atoms with E-state index in [0.717, 1.165) is 51.3 Å². The van der Waals surface area contributed by atoms with E-state index in [9.17, 15) is 36.6 Å². The molecule has 4 aromatic carbocycles. The maximum atomic E-state index is 14.7. The monoisotopic (exact) mass is 843 g/mol. The Kier molecular flexibility index (Phi) is 12.4. The van der Waals surface area contributed by atoms with Crippen LogP contribution in [0.25, 0.3) is 11.1 Å². The van der Waals surface area contributed by atoms with Crippen LogP contribution in [0, 0.1) is 5.41 Å². The standard InChI is InChI=1S/C47H48F3NO6S2/c1-32-8-6-25-45(2)42(24-26-46(45,54)31-51(59(55,56)43-11-7-27-58-43)30-33-13-21-39(22-14-33)57-47(48,49)50)40-23-15-34(28-38(52)20-12-32)29-41(40)44(53)37-18-16-36(17-19-37)35-9-4-3-5-10-35/h3-5,7-11,13-19,21-23,27,29,38,42,52,54H,6,12,20,24-26,28,30-31H2,1-2H3. The fourth-order valence-corrected chi connectivity index (χ4v) is 11.5. The van der Waals surface area contributed by atoms with E-state index < -0.39 is 39.3 Å². The van der Waals surface area contributed by atoms with Crippen LogP contribution in [0.2, 0.25) is 0 Å². The largest absolute Gasteiger partial charge is 0.573 e. The van der Waals surface area contributed by atoms with Crippen molar-refractivity contribution in [1.82, 2.24) is 4.31 Å². The maximum Gasteiger partial charge on any atom is 0.573 e. The van der Waals surface area contributed by atoms with E-state index in [-0.39, 0.29) is 35.4 Å².